The molecule has 2 saturated heterocycles. The van der Waals surface area contributed by atoms with E-state index in [1.165, 1.54) is 19.4 Å². The molecule has 0 radical (unpaired) electrons. The average molecular weight is 308 g/mol. The maximum Gasteiger partial charge on any atom is 0.356 e. The first kappa shape index (κ1) is 15.3. The van der Waals surface area contributed by atoms with Crippen LogP contribution in [0.25, 0.3) is 0 Å². The normalized spacial score (nSPS) is 23.2. The van der Waals surface area contributed by atoms with Crippen LogP contribution in [-0.2, 0) is 11.3 Å². The highest BCUT2D eigenvalue weighted by Gasteiger charge is 2.29. The number of hydrogen-bond donors (Lipinski definition) is 2. The fourth-order valence-corrected chi connectivity index (χ4v) is 3.57. The summed E-state index contributed by atoms with van der Waals surface area (Å²) in [6.07, 6.45) is 3.64. The van der Waals surface area contributed by atoms with Gasteiger partial charge in [-0.2, -0.15) is 0 Å². The lowest BCUT2D eigenvalue weighted by Crippen LogP contribution is -2.36. The fraction of sp³-hybridized carbons (Fsp3) is 0.733. The molecule has 2 N–H and O–H groups in total. The van der Waals surface area contributed by atoms with Crippen LogP contribution in [0.3, 0.4) is 0 Å². The van der Waals surface area contributed by atoms with Crippen molar-refractivity contribution < 1.29 is 9.53 Å². The summed E-state index contributed by atoms with van der Waals surface area (Å²) >= 11 is 0. The summed E-state index contributed by atoms with van der Waals surface area (Å²) in [5, 5.41) is 0. The molecule has 7 nitrogen and oxygen atoms in total. The highest BCUT2D eigenvalue weighted by molar-refractivity contribution is 5.88. The maximum atomic E-state index is 11.9. The molecule has 1 atom stereocenters. The van der Waals surface area contributed by atoms with Gasteiger partial charge in [0.1, 0.15) is 5.69 Å². The molecule has 0 spiro atoms. The first-order valence-corrected chi connectivity index (χ1v) is 8.12. The summed E-state index contributed by atoms with van der Waals surface area (Å²) in [6.45, 7) is 6.97. The Balaban J connectivity index is 1.72. The molecule has 2 aliphatic heterocycles. The average Bonchev–Trinajstić information content (AvgIpc) is 3.01. The number of rotatable bonds is 4. The lowest BCUT2D eigenvalue weighted by Gasteiger charge is -2.25. The first-order valence-electron chi connectivity index (χ1n) is 8.12. The number of hydrogen-bond acceptors (Lipinski definition) is 5. The highest BCUT2D eigenvalue weighted by atomic mass is 16.5. The molecule has 2 aliphatic rings. The third-order valence-electron chi connectivity index (χ3n) is 4.55. The molecule has 0 aromatic carbocycles. The number of fused-ring (bicyclic) bond motifs is 1. The Labute approximate surface area is 129 Å². The van der Waals surface area contributed by atoms with Crippen molar-refractivity contribution in [2.75, 3.05) is 32.8 Å². The molecule has 1 aromatic rings. The van der Waals surface area contributed by atoms with E-state index in [9.17, 15) is 9.59 Å². The van der Waals surface area contributed by atoms with Gasteiger partial charge in [-0.05, 0) is 45.8 Å². The van der Waals surface area contributed by atoms with E-state index >= 15 is 0 Å². The van der Waals surface area contributed by atoms with Crippen LogP contribution < -0.4 is 5.69 Å². The molecule has 0 unspecified atom stereocenters. The molecule has 0 amide bonds. The number of aromatic amines is 2. The van der Waals surface area contributed by atoms with Gasteiger partial charge in [0.25, 0.3) is 0 Å². The number of carbonyl (C=O) groups excluding carboxylic acids is 1. The Bertz CT molecular complexity index is 580. The molecule has 0 bridgehead atoms. The van der Waals surface area contributed by atoms with Crippen molar-refractivity contribution >= 4 is 5.97 Å². The number of imidazole rings is 1. The lowest BCUT2D eigenvalue weighted by molar-refractivity contribution is 0.0517. The van der Waals surface area contributed by atoms with Crippen molar-refractivity contribution in [3.63, 3.8) is 0 Å². The summed E-state index contributed by atoms with van der Waals surface area (Å²) in [5.74, 6) is -0.465. The largest absolute Gasteiger partial charge is 0.461 e. The molecule has 2 fully saturated rings. The van der Waals surface area contributed by atoms with Crippen LogP contribution in [0, 0.1) is 0 Å². The Morgan fingerprint density at radius 1 is 1.27 bits per heavy atom. The smallest absolute Gasteiger partial charge is 0.356 e. The van der Waals surface area contributed by atoms with E-state index in [1.807, 2.05) is 0 Å². The van der Waals surface area contributed by atoms with E-state index in [0.29, 0.717) is 24.9 Å². The van der Waals surface area contributed by atoms with E-state index in [0.717, 1.165) is 26.1 Å². The van der Waals surface area contributed by atoms with Gasteiger partial charge in [0.2, 0.25) is 0 Å². The van der Waals surface area contributed by atoms with Crippen LogP contribution in [0.4, 0.5) is 0 Å². The van der Waals surface area contributed by atoms with Gasteiger partial charge in [0.05, 0.1) is 12.3 Å². The zero-order valence-corrected chi connectivity index (χ0v) is 13.1. The number of nitrogens with one attached hydrogen (secondary N) is 2. The van der Waals surface area contributed by atoms with Gasteiger partial charge >= 0.3 is 11.7 Å². The van der Waals surface area contributed by atoms with Crippen molar-refractivity contribution in [1.29, 1.82) is 0 Å². The molecule has 0 saturated carbocycles. The first-order chi connectivity index (χ1) is 10.7. The monoisotopic (exact) mass is 308 g/mol. The standard InChI is InChI=1S/C15H24N4O3/c1-2-22-14(20)13-12(16-15(21)17-13)10-18-6-4-8-19-7-3-5-11(19)9-18/h11H,2-10H2,1H3,(H2,16,17,21)/t11-/m0/s1. The summed E-state index contributed by atoms with van der Waals surface area (Å²) in [4.78, 5) is 33.7. The summed E-state index contributed by atoms with van der Waals surface area (Å²) in [5.41, 5.74) is 0.546. The molecular weight excluding hydrogens is 284 g/mol. The van der Waals surface area contributed by atoms with Crippen molar-refractivity contribution in [2.24, 2.45) is 0 Å². The van der Waals surface area contributed by atoms with Gasteiger partial charge in [-0.15, -0.1) is 0 Å². The minimum absolute atomic E-state index is 0.263. The Hall–Kier alpha value is -1.60. The van der Waals surface area contributed by atoms with E-state index in [-0.39, 0.29) is 11.4 Å². The number of nitrogens with zero attached hydrogens (tertiary/aromatic N) is 2. The minimum atomic E-state index is -0.465. The van der Waals surface area contributed by atoms with Gasteiger partial charge in [-0.25, -0.2) is 9.59 Å². The number of ether oxygens (including phenoxy) is 1. The topological polar surface area (TPSA) is 81.4 Å². The van der Waals surface area contributed by atoms with Crippen LogP contribution in [0.1, 0.15) is 42.4 Å². The maximum absolute atomic E-state index is 11.9. The van der Waals surface area contributed by atoms with Crippen molar-refractivity contribution in [1.82, 2.24) is 19.8 Å². The second kappa shape index (κ2) is 6.66. The van der Waals surface area contributed by atoms with Gasteiger partial charge in [-0.1, -0.05) is 0 Å². The minimum Gasteiger partial charge on any atom is -0.461 e. The van der Waals surface area contributed by atoms with Gasteiger partial charge in [0.15, 0.2) is 0 Å². The van der Waals surface area contributed by atoms with Gasteiger partial charge in [-0.3, -0.25) is 14.8 Å². The molecule has 3 heterocycles. The summed E-state index contributed by atoms with van der Waals surface area (Å²) in [7, 11) is 0. The summed E-state index contributed by atoms with van der Waals surface area (Å²) < 4.78 is 5.01. The van der Waals surface area contributed by atoms with E-state index in [2.05, 4.69) is 19.8 Å². The van der Waals surface area contributed by atoms with Crippen LogP contribution >= 0.6 is 0 Å². The third-order valence-corrected chi connectivity index (χ3v) is 4.55. The molecule has 0 aliphatic carbocycles. The highest BCUT2D eigenvalue weighted by Crippen LogP contribution is 2.22. The Kier molecular flexibility index (Phi) is 4.63. The number of esters is 1. The van der Waals surface area contributed by atoms with Crippen LogP contribution in [0.5, 0.6) is 0 Å². The molecular formula is C15H24N4O3. The van der Waals surface area contributed by atoms with Crippen molar-refractivity contribution in [3.8, 4) is 0 Å². The second-order valence-electron chi connectivity index (χ2n) is 6.07. The van der Waals surface area contributed by atoms with Gasteiger partial charge < -0.3 is 9.72 Å². The van der Waals surface area contributed by atoms with Crippen LogP contribution in [0.15, 0.2) is 4.79 Å². The Morgan fingerprint density at radius 2 is 2.09 bits per heavy atom. The van der Waals surface area contributed by atoms with E-state index in [4.69, 9.17) is 4.74 Å². The third kappa shape index (κ3) is 3.25. The predicted octanol–water partition coefficient (Wildman–Crippen LogP) is 0.550. The summed E-state index contributed by atoms with van der Waals surface area (Å²) in [6, 6.07) is 0.610. The molecule has 1 aromatic heterocycles. The van der Waals surface area contributed by atoms with Crippen LogP contribution in [-0.4, -0.2) is 64.6 Å². The quantitative estimate of drug-likeness (QED) is 0.794. The number of H-pyrrole nitrogens is 2. The molecule has 3 rings (SSSR count). The van der Waals surface area contributed by atoms with E-state index < -0.39 is 5.97 Å². The zero-order chi connectivity index (χ0) is 15.5. The number of aromatic nitrogens is 2. The lowest BCUT2D eigenvalue weighted by atomic mass is 10.2. The second-order valence-corrected chi connectivity index (χ2v) is 6.07. The van der Waals surface area contributed by atoms with Crippen molar-refractivity contribution in [3.05, 3.63) is 21.9 Å². The fourth-order valence-electron chi connectivity index (χ4n) is 3.57. The predicted molar refractivity (Wildman–Crippen MR) is 81.9 cm³/mol. The Morgan fingerprint density at radius 3 is 2.91 bits per heavy atom. The zero-order valence-electron chi connectivity index (χ0n) is 13.1. The SMILES string of the molecule is CCOC(=O)c1[nH]c(=O)[nH]c1CN1CCCN2CCC[C@H]2C1. The molecule has 7 heteroatoms. The van der Waals surface area contributed by atoms with E-state index in [1.54, 1.807) is 6.92 Å². The van der Waals surface area contributed by atoms with Crippen LogP contribution in [0.2, 0.25) is 0 Å². The molecule has 122 valence electrons. The number of carbonyl (C=O) groups is 1. The molecule has 22 heavy (non-hydrogen) atoms. The van der Waals surface area contributed by atoms with Gasteiger partial charge in [0, 0.05) is 19.1 Å². The van der Waals surface area contributed by atoms with Crippen molar-refractivity contribution in [2.45, 2.75) is 38.8 Å².